The molecule has 4 rings (SSSR count). The van der Waals surface area contributed by atoms with Crippen molar-refractivity contribution in [1.29, 1.82) is 0 Å². The number of aromatic nitrogens is 2. The van der Waals surface area contributed by atoms with E-state index in [0.29, 0.717) is 32.8 Å². The standard InChI is InChI=1S/C29H40N4O2S2/c1-3-4-5-6-7-8-9-10-11-12-19-32-28(35)24(37-29(32)36)20-23-26(31-17-13-14-18-31)30-25-16-15-22(2)21-33(25)27(23)34/h15-16,20-21H,3-14,17-19H2,1-2H3/b24-20+. The molecule has 4 heterocycles. The van der Waals surface area contributed by atoms with Crippen LogP contribution in [0.3, 0.4) is 0 Å². The van der Waals surface area contributed by atoms with Crippen molar-refractivity contribution in [3.8, 4) is 0 Å². The van der Waals surface area contributed by atoms with E-state index < -0.39 is 0 Å². The van der Waals surface area contributed by atoms with Crippen LogP contribution in [0.25, 0.3) is 11.7 Å². The number of pyridine rings is 1. The highest BCUT2D eigenvalue weighted by atomic mass is 32.2. The van der Waals surface area contributed by atoms with Crippen molar-refractivity contribution in [3.63, 3.8) is 0 Å². The van der Waals surface area contributed by atoms with Crippen molar-refractivity contribution in [2.24, 2.45) is 0 Å². The van der Waals surface area contributed by atoms with E-state index in [-0.39, 0.29) is 11.5 Å². The monoisotopic (exact) mass is 540 g/mol. The third-order valence-corrected chi connectivity index (χ3v) is 8.65. The maximum Gasteiger partial charge on any atom is 0.267 e. The van der Waals surface area contributed by atoms with Crippen molar-refractivity contribution in [2.45, 2.75) is 90.9 Å². The van der Waals surface area contributed by atoms with Gasteiger partial charge >= 0.3 is 0 Å². The number of rotatable bonds is 13. The summed E-state index contributed by atoms with van der Waals surface area (Å²) in [4.78, 5) is 36.1. The second-order valence-corrected chi connectivity index (χ2v) is 12.0. The van der Waals surface area contributed by atoms with E-state index in [9.17, 15) is 9.59 Å². The molecule has 8 heteroatoms. The number of thioether (sulfide) groups is 1. The van der Waals surface area contributed by atoms with Crippen LogP contribution >= 0.6 is 24.0 Å². The highest BCUT2D eigenvalue weighted by Gasteiger charge is 2.32. The summed E-state index contributed by atoms with van der Waals surface area (Å²) in [5.41, 5.74) is 1.95. The summed E-state index contributed by atoms with van der Waals surface area (Å²) in [5.74, 6) is 0.582. The summed E-state index contributed by atoms with van der Waals surface area (Å²) >= 11 is 6.87. The predicted octanol–water partition coefficient (Wildman–Crippen LogP) is 6.73. The molecule has 0 N–H and O–H groups in total. The number of thiocarbonyl (C=S) groups is 1. The Bertz CT molecular complexity index is 1200. The van der Waals surface area contributed by atoms with E-state index in [4.69, 9.17) is 17.2 Å². The quantitative estimate of drug-likeness (QED) is 0.160. The van der Waals surface area contributed by atoms with Gasteiger partial charge in [0.25, 0.3) is 11.5 Å². The van der Waals surface area contributed by atoms with Crippen LogP contribution in [-0.4, -0.2) is 44.1 Å². The fourth-order valence-corrected chi connectivity index (χ4v) is 6.41. The van der Waals surface area contributed by atoms with E-state index in [1.54, 1.807) is 15.4 Å². The SMILES string of the molecule is CCCCCCCCCCCCN1C(=O)/C(=C\c2c(N3CCCC3)nc3ccc(C)cn3c2=O)SC1=S. The average Bonchev–Trinajstić information content (AvgIpc) is 3.51. The van der Waals surface area contributed by atoms with Crippen LogP contribution in [0.1, 0.15) is 95.1 Å². The lowest BCUT2D eigenvalue weighted by atomic mass is 10.1. The van der Waals surface area contributed by atoms with Gasteiger partial charge in [0, 0.05) is 25.8 Å². The van der Waals surface area contributed by atoms with Gasteiger partial charge in [0.1, 0.15) is 15.8 Å². The van der Waals surface area contributed by atoms with Gasteiger partial charge in [-0.2, -0.15) is 0 Å². The Hall–Kier alpha value is -2.19. The largest absolute Gasteiger partial charge is 0.356 e. The highest BCUT2D eigenvalue weighted by Crippen LogP contribution is 2.34. The molecule has 2 aromatic rings. The van der Waals surface area contributed by atoms with Crippen molar-refractivity contribution >= 4 is 51.7 Å². The van der Waals surface area contributed by atoms with E-state index in [2.05, 4.69) is 11.8 Å². The Labute approximate surface area is 230 Å². The molecule has 0 radical (unpaired) electrons. The average molecular weight is 541 g/mol. The zero-order chi connectivity index (χ0) is 26.2. The lowest BCUT2D eigenvalue weighted by Crippen LogP contribution is -2.29. The van der Waals surface area contributed by atoms with Crippen molar-refractivity contribution in [2.75, 3.05) is 24.5 Å². The topological polar surface area (TPSA) is 57.9 Å². The first-order chi connectivity index (χ1) is 18.0. The number of nitrogens with zero attached hydrogens (tertiary/aromatic N) is 4. The zero-order valence-corrected chi connectivity index (χ0v) is 24.0. The number of hydrogen-bond donors (Lipinski definition) is 0. The number of amides is 1. The molecule has 200 valence electrons. The van der Waals surface area contributed by atoms with Gasteiger partial charge in [0.15, 0.2) is 0 Å². The lowest BCUT2D eigenvalue weighted by molar-refractivity contribution is -0.122. The molecule has 1 amide bonds. The summed E-state index contributed by atoms with van der Waals surface area (Å²) < 4.78 is 2.17. The maximum absolute atomic E-state index is 13.6. The fourth-order valence-electron chi connectivity index (χ4n) is 5.12. The second-order valence-electron chi connectivity index (χ2n) is 10.3. The maximum atomic E-state index is 13.6. The van der Waals surface area contributed by atoms with Crippen LogP contribution in [-0.2, 0) is 4.79 Å². The molecule has 0 atom stereocenters. The van der Waals surface area contributed by atoms with Gasteiger partial charge < -0.3 is 4.90 Å². The van der Waals surface area contributed by atoms with E-state index in [0.717, 1.165) is 44.3 Å². The predicted molar refractivity (Wildman–Crippen MR) is 159 cm³/mol. The third kappa shape index (κ3) is 7.02. The second kappa shape index (κ2) is 13.6. The Morgan fingerprint density at radius 3 is 2.30 bits per heavy atom. The molecule has 0 spiro atoms. The highest BCUT2D eigenvalue weighted by molar-refractivity contribution is 8.26. The van der Waals surface area contributed by atoms with Crippen molar-refractivity contribution in [1.82, 2.24) is 14.3 Å². The zero-order valence-electron chi connectivity index (χ0n) is 22.3. The Morgan fingerprint density at radius 2 is 1.62 bits per heavy atom. The molecule has 2 fully saturated rings. The first kappa shape index (κ1) is 27.8. The molecule has 0 saturated carbocycles. The molecular weight excluding hydrogens is 500 g/mol. The van der Waals surface area contributed by atoms with Crippen LogP contribution in [0.4, 0.5) is 5.82 Å². The summed E-state index contributed by atoms with van der Waals surface area (Å²) in [6, 6.07) is 3.85. The van der Waals surface area contributed by atoms with Gasteiger partial charge in [-0.1, -0.05) is 94.8 Å². The van der Waals surface area contributed by atoms with Crippen LogP contribution < -0.4 is 10.5 Å². The molecule has 37 heavy (non-hydrogen) atoms. The molecule has 0 unspecified atom stereocenters. The van der Waals surface area contributed by atoms with Crippen LogP contribution in [0, 0.1) is 6.92 Å². The first-order valence-electron chi connectivity index (χ1n) is 14.0. The lowest BCUT2D eigenvalue weighted by Gasteiger charge is -2.19. The number of aryl methyl sites for hydroxylation is 1. The molecule has 0 aliphatic carbocycles. The van der Waals surface area contributed by atoms with Gasteiger partial charge in [-0.15, -0.1) is 0 Å². The summed E-state index contributed by atoms with van der Waals surface area (Å²) in [7, 11) is 0. The molecule has 2 aromatic heterocycles. The smallest absolute Gasteiger partial charge is 0.267 e. The summed E-state index contributed by atoms with van der Waals surface area (Å²) in [5, 5.41) is 0. The molecule has 0 bridgehead atoms. The third-order valence-electron chi connectivity index (χ3n) is 7.28. The van der Waals surface area contributed by atoms with Crippen molar-refractivity contribution < 1.29 is 4.79 Å². The number of fused-ring (bicyclic) bond motifs is 1. The van der Waals surface area contributed by atoms with Gasteiger partial charge in [-0.05, 0) is 43.9 Å². The van der Waals surface area contributed by atoms with Crippen LogP contribution in [0.2, 0.25) is 0 Å². The Morgan fingerprint density at radius 1 is 0.973 bits per heavy atom. The first-order valence-corrected chi connectivity index (χ1v) is 15.3. The van der Waals surface area contributed by atoms with Crippen molar-refractivity contribution in [3.05, 3.63) is 44.7 Å². The molecule has 0 aromatic carbocycles. The Kier molecular flexibility index (Phi) is 10.2. The van der Waals surface area contributed by atoms with Gasteiger partial charge in [-0.3, -0.25) is 18.9 Å². The molecule has 2 aliphatic heterocycles. The normalized spacial score (nSPS) is 17.2. The minimum atomic E-state index is -0.143. The molecular formula is C29H40N4O2S2. The number of carbonyl (C=O) groups is 1. The number of hydrogen-bond acceptors (Lipinski definition) is 6. The molecule has 6 nitrogen and oxygen atoms in total. The van der Waals surface area contributed by atoms with Gasteiger partial charge in [-0.25, -0.2) is 4.98 Å². The van der Waals surface area contributed by atoms with Crippen LogP contribution in [0.15, 0.2) is 28.0 Å². The number of carbonyl (C=O) groups excluding carboxylic acids is 1. The molecule has 2 saturated heterocycles. The fraction of sp³-hybridized carbons (Fsp3) is 0.586. The minimum absolute atomic E-state index is 0.0907. The number of unbranched alkanes of at least 4 members (excludes halogenated alkanes) is 9. The van der Waals surface area contributed by atoms with Gasteiger partial charge in [0.2, 0.25) is 0 Å². The van der Waals surface area contributed by atoms with E-state index in [1.165, 1.54) is 63.1 Å². The molecule has 2 aliphatic rings. The number of anilines is 1. The van der Waals surface area contributed by atoms with Crippen LogP contribution in [0.5, 0.6) is 0 Å². The summed E-state index contributed by atoms with van der Waals surface area (Å²) in [6.45, 7) is 6.59. The van der Waals surface area contributed by atoms with E-state index >= 15 is 0 Å². The Balaban J connectivity index is 1.42. The minimum Gasteiger partial charge on any atom is -0.356 e. The van der Waals surface area contributed by atoms with E-state index in [1.807, 2.05) is 25.3 Å². The summed E-state index contributed by atoms with van der Waals surface area (Å²) in [6.07, 6.45) is 18.2. The van der Waals surface area contributed by atoms with Gasteiger partial charge in [0.05, 0.1) is 10.5 Å².